The van der Waals surface area contributed by atoms with Crippen LogP contribution in [0.5, 0.6) is 0 Å². The Kier molecular flexibility index (Phi) is 7.19. The van der Waals surface area contributed by atoms with E-state index in [1.54, 1.807) is 0 Å². The van der Waals surface area contributed by atoms with Crippen LogP contribution in [0.1, 0.15) is 6.42 Å². The molecule has 2 heterocycles. The maximum Gasteiger partial charge on any atom is 0.243 e. The first-order valence-corrected chi connectivity index (χ1v) is 11.1. The van der Waals surface area contributed by atoms with Crippen molar-refractivity contribution in [3.8, 4) is 0 Å². The van der Waals surface area contributed by atoms with E-state index >= 15 is 0 Å². The van der Waals surface area contributed by atoms with Crippen LogP contribution in [0.25, 0.3) is 0 Å². The molecule has 0 aliphatic carbocycles. The van der Waals surface area contributed by atoms with Crippen LogP contribution in [0.4, 0.5) is 15.8 Å². The van der Waals surface area contributed by atoms with Gasteiger partial charge in [-0.25, -0.2) is 4.39 Å². The summed E-state index contributed by atoms with van der Waals surface area (Å²) in [5, 5.41) is 5.40. The van der Waals surface area contributed by atoms with E-state index in [1.165, 1.54) is 34.9 Å². The number of piperazine rings is 2. The van der Waals surface area contributed by atoms with Crippen molar-refractivity contribution in [3.63, 3.8) is 0 Å². The van der Waals surface area contributed by atoms with Crippen LogP contribution in [-0.4, -0.2) is 79.4 Å². The standard InChI is InChI=1S/C24H28FN5O3/c25-18-6-8-19(9-7-18)27-22(31)16-21-24(33)26-10-11-30(21)23(32)17-28-12-14-29(15-13-28)20-4-2-1-3-5-20/h1-9,21H,10-17H2,(H,26,33)(H,27,31)/t21-/m1/s1. The van der Waals surface area contributed by atoms with Gasteiger partial charge in [-0.2, -0.15) is 0 Å². The summed E-state index contributed by atoms with van der Waals surface area (Å²) in [5.74, 6) is -1.30. The minimum Gasteiger partial charge on any atom is -0.369 e. The van der Waals surface area contributed by atoms with Crippen molar-refractivity contribution in [3.05, 3.63) is 60.4 Å². The van der Waals surface area contributed by atoms with Gasteiger partial charge in [-0.15, -0.1) is 0 Å². The molecule has 0 saturated carbocycles. The molecule has 33 heavy (non-hydrogen) atoms. The second-order valence-electron chi connectivity index (χ2n) is 8.25. The maximum absolute atomic E-state index is 13.1. The molecular formula is C24H28FN5O3. The lowest BCUT2D eigenvalue weighted by Crippen LogP contribution is -2.60. The average Bonchev–Trinajstić information content (AvgIpc) is 2.83. The Morgan fingerprint density at radius 2 is 1.67 bits per heavy atom. The summed E-state index contributed by atoms with van der Waals surface area (Å²) in [4.78, 5) is 43.9. The van der Waals surface area contributed by atoms with Crippen molar-refractivity contribution >= 4 is 29.1 Å². The van der Waals surface area contributed by atoms with Crippen LogP contribution in [0.2, 0.25) is 0 Å². The second kappa shape index (κ2) is 10.4. The Balaban J connectivity index is 1.32. The van der Waals surface area contributed by atoms with Gasteiger partial charge in [-0.1, -0.05) is 18.2 Å². The first-order chi connectivity index (χ1) is 16.0. The highest BCUT2D eigenvalue weighted by atomic mass is 19.1. The molecule has 9 heteroatoms. The summed E-state index contributed by atoms with van der Waals surface area (Å²) in [6, 6.07) is 14.7. The quantitative estimate of drug-likeness (QED) is 0.689. The maximum atomic E-state index is 13.1. The summed E-state index contributed by atoms with van der Waals surface area (Å²) in [7, 11) is 0. The summed E-state index contributed by atoms with van der Waals surface area (Å²) in [5.41, 5.74) is 1.61. The summed E-state index contributed by atoms with van der Waals surface area (Å²) >= 11 is 0. The van der Waals surface area contributed by atoms with E-state index in [2.05, 4.69) is 32.6 Å². The van der Waals surface area contributed by atoms with Gasteiger partial charge < -0.3 is 20.4 Å². The number of hydrogen-bond donors (Lipinski definition) is 2. The van der Waals surface area contributed by atoms with Gasteiger partial charge in [0.25, 0.3) is 0 Å². The van der Waals surface area contributed by atoms with Crippen LogP contribution in [0.3, 0.4) is 0 Å². The van der Waals surface area contributed by atoms with E-state index in [0.29, 0.717) is 18.8 Å². The Morgan fingerprint density at radius 1 is 0.970 bits per heavy atom. The van der Waals surface area contributed by atoms with E-state index in [9.17, 15) is 18.8 Å². The van der Waals surface area contributed by atoms with E-state index < -0.39 is 17.8 Å². The Labute approximate surface area is 192 Å². The molecule has 2 fully saturated rings. The van der Waals surface area contributed by atoms with Gasteiger partial charge in [0.05, 0.1) is 13.0 Å². The molecule has 0 bridgehead atoms. The van der Waals surface area contributed by atoms with Crippen LogP contribution < -0.4 is 15.5 Å². The highest BCUT2D eigenvalue weighted by Gasteiger charge is 2.35. The number of carbonyl (C=O) groups is 3. The number of anilines is 2. The molecule has 2 saturated heterocycles. The van der Waals surface area contributed by atoms with E-state index in [1.807, 2.05) is 18.2 Å². The number of hydrogen-bond acceptors (Lipinski definition) is 5. The van der Waals surface area contributed by atoms with Gasteiger partial charge in [0.15, 0.2) is 0 Å². The number of halogens is 1. The number of nitrogens with one attached hydrogen (secondary N) is 2. The van der Waals surface area contributed by atoms with Crippen molar-refractivity contribution in [2.75, 3.05) is 56.0 Å². The second-order valence-corrected chi connectivity index (χ2v) is 8.25. The predicted molar refractivity (Wildman–Crippen MR) is 123 cm³/mol. The third kappa shape index (κ3) is 5.87. The largest absolute Gasteiger partial charge is 0.369 e. The summed E-state index contributed by atoms with van der Waals surface area (Å²) in [6.07, 6.45) is -0.156. The van der Waals surface area contributed by atoms with Crippen molar-refractivity contribution in [1.29, 1.82) is 0 Å². The number of nitrogens with zero attached hydrogens (tertiary/aromatic N) is 3. The minimum atomic E-state index is -0.864. The summed E-state index contributed by atoms with van der Waals surface area (Å²) < 4.78 is 13.1. The molecule has 4 rings (SSSR count). The molecule has 2 aliphatic rings. The Bertz CT molecular complexity index is 977. The zero-order valence-corrected chi connectivity index (χ0v) is 18.4. The fraction of sp³-hybridized carbons (Fsp3) is 0.375. The predicted octanol–water partition coefficient (Wildman–Crippen LogP) is 1.30. The van der Waals surface area contributed by atoms with Gasteiger partial charge >= 0.3 is 0 Å². The van der Waals surface area contributed by atoms with E-state index in [4.69, 9.17) is 0 Å². The molecule has 1 atom stereocenters. The molecule has 2 N–H and O–H groups in total. The first kappa shape index (κ1) is 22.7. The lowest BCUT2D eigenvalue weighted by atomic mass is 10.1. The molecule has 0 unspecified atom stereocenters. The normalized spacial score (nSPS) is 19.2. The van der Waals surface area contributed by atoms with Crippen LogP contribution in [0.15, 0.2) is 54.6 Å². The highest BCUT2D eigenvalue weighted by molar-refractivity contribution is 5.97. The van der Waals surface area contributed by atoms with Gasteiger partial charge in [0.2, 0.25) is 17.7 Å². The van der Waals surface area contributed by atoms with Crippen LogP contribution in [0, 0.1) is 5.82 Å². The number of benzene rings is 2. The lowest BCUT2D eigenvalue weighted by Gasteiger charge is -2.39. The molecule has 3 amide bonds. The average molecular weight is 454 g/mol. The molecule has 174 valence electrons. The highest BCUT2D eigenvalue weighted by Crippen LogP contribution is 2.17. The van der Waals surface area contributed by atoms with E-state index in [-0.39, 0.29) is 24.8 Å². The fourth-order valence-electron chi connectivity index (χ4n) is 4.22. The van der Waals surface area contributed by atoms with Gasteiger partial charge in [-0.3, -0.25) is 19.3 Å². The van der Waals surface area contributed by atoms with Gasteiger partial charge in [0.1, 0.15) is 11.9 Å². The monoisotopic (exact) mass is 453 g/mol. The van der Waals surface area contributed by atoms with Crippen LogP contribution >= 0.6 is 0 Å². The summed E-state index contributed by atoms with van der Waals surface area (Å²) in [6.45, 7) is 4.08. The smallest absolute Gasteiger partial charge is 0.243 e. The first-order valence-electron chi connectivity index (χ1n) is 11.1. The third-order valence-corrected chi connectivity index (χ3v) is 6.01. The topological polar surface area (TPSA) is 85.0 Å². The Hall–Kier alpha value is -3.46. The van der Waals surface area contributed by atoms with E-state index in [0.717, 1.165) is 26.2 Å². The van der Waals surface area contributed by atoms with Crippen molar-refractivity contribution in [2.24, 2.45) is 0 Å². The molecular weight excluding hydrogens is 425 g/mol. The SMILES string of the molecule is O=C(C[C@@H]1C(=O)NCCN1C(=O)CN1CCN(c2ccccc2)CC1)Nc1ccc(F)cc1. The fourth-order valence-corrected chi connectivity index (χ4v) is 4.22. The third-order valence-electron chi connectivity index (χ3n) is 6.01. The van der Waals surface area contributed by atoms with Crippen LogP contribution in [-0.2, 0) is 14.4 Å². The molecule has 8 nitrogen and oxygen atoms in total. The van der Waals surface area contributed by atoms with Gasteiger partial charge in [-0.05, 0) is 36.4 Å². The van der Waals surface area contributed by atoms with Crippen molar-refractivity contribution in [2.45, 2.75) is 12.5 Å². The minimum absolute atomic E-state index is 0.155. The lowest BCUT2D eigenvalue weighted by molar-refractivity contribution is -0.145. The number of para-hydroxylation sites is 1. The Morgan fingerprint density at radius 3 is 2.36 bits per heavy atom. The molecule has 0 aromatic heterocycles. The molecule has 2 aliphatic heterocycles. The number of rotatable bonds is 6. The zero-order chi connectivity index (χ0) is 23.2. The zero-order valence-electron chi connectivity index (χ0n) is 18.4. The van der Waals surface area contributed by atoms with Crippen molar-refractivity contribution in [1.82, 2.24) is 15.1 Å². The molecule has 0 spiro atoms. The van der Waals surface area contributed by atoms with Crippen molar-refractivity contribution < 1.29 is 18.8 Å². The molecule has 2 aromatic carbocycles. The number of carbonyl (C=O) groups excluding carboxylic acids is 3. The number of amides is 3. The van der Waals surface area contributed by atoms with Gasteiger partial charge in [0, 0.05) is 50.6 Å². The molecule has 0 radical (unpaired) electrons. The molecule has 2 aromatic rings.